The van der Waals surface area contributed by atoms with Crippen molar-refractivity contribution in [3.05, 3.63) is 0 Å². The van der Waals surface area contributed by atoms with Crippen molar-refractivity contribution in [2.24, 2.45) is 5.73 Å². The zero-order chi connectivity index (χ0) is 15.0. The Morgan fingerprint density at radius 1 is 1.35 bits per heavy atom. The molecule has 116 valence electrons. The number of hydrogen-bond donors (Lipinski definition) is 2. The third kappa shape index (κ3) is 5.73. The van der Waals surface area contributed by atoms with Crippen molar-refractivity contribution in [1.29, 1.82) is 0 Å². The van der Waals surface area contributed by atoms with Gasteiger partial charge in [-0.3, -0.25) is 9.69 Å². The van der Waals surface area contributed by atoms with Crippen LogP contribution in [-0.4, -0.2) is 66.5 Å². The first kappa shape index (κ1) is 17.3. The zero-order valence-corrected chi connectivity index (χ0v) is 13.5. The number of amides is 1. The summed E-state index contributed by atoms with van der Waals surface area (Å²) in [6.45, 7) is 7.27. The molecule has 0 bridgehead atoms. The van der Waals surface area contributed by atoms with Crippen molar-refractivity contribution in [2.45, 2.75) is 38.6 Å². The Balaban J connectivity index is 2.28. The van der Waals surface area contributed by atoms with Gasteiger partial charge >= 0.3 is 0 Å². The van der Waals surface area contributed by atoms with E-state index in [0.29, 0.717) is 11.4 Å². The second-order valence-corrected chi connectivity index (χ2v) is 5.83. The van der Waals surface area contributed by atoms with Crippen LogP contribution in [0.1, 0.15) is 32.6 Å². The van der Waals surface area contributed by atoms with Crippen LogP contribution in [0.15, 0.2) is 0 Å². The monoisotopic (exact) mass is 300 g/mol. The van der Waals surface area contributed by atoms with Crippen LogP contribution in [0, 0.1) is 0 Å². The van der Waals surface area contributed by atoms with Gasteiger partial charge in [-0.05, 0) is 19.4 Å². The highest BCUT2D eigenvalue weighted by atomic mass is 32.1. The molecule has 0 spiro atoms. The van der Waals surface area contributed by atoms with Gasteiger partial charge in [0.15, 0.2) is 0 Å². The van der Waals surface area contributed by atoms with Crippen molar-refractivity contribution in [1.82, 2.24) is 15.1 Å². The van der Waals surface area contributed by atoms with Gasteiger partial charge in [-0.25, -0.2) is 0 Å². The quantitative estimate of drug-likeness (QED) is 0.642. The number of carbonyl (C=O) groups is 1. The zero-order valence-electron chi connectivity index (χ0n) is 12.7. The van der Waals surface area contributed by atoms with Gasteiger partial charge in [0.2, 0.25) is 5.91 Å². The summed E-state index contributed by atoms with van der Waals surface area (Å²) in [7, 11) is 1.69. The molecule has 6 heteroatoms. The summed E-state index contributed by atoms with van der Waals surface area (Å²) in [5.74, 6) is 0.125. The molecule has 0 radical (unpaired) electrons. The van der Waals surface area contributed by atoms with Crippen LogP contribution < -0.4 is 11.1 Å². The highest BCUT2D eigenvalue weighted by Gasteiger charge is 2.24. The maximum atomic E-state index is 11.2. The molecule has 1 aliphatic rings. The second kappa shape index (κ2) is 9.26. The smallest absolute Gasteiger partial charge is 0.219 e. The summed E-state index contributed by atoms with van der Waals surface area (Å²) in [5.41, 5.74) is 5.85. The first-order valence-corrected chi connectivity index (χ1v) is 7.95. The van der Waals surface area contributed by atoms with Gasteiger partial charge in [0, 0.05) is 39.6 Å². The standard InChI is InChI=1S/C14H28N4OS/c1-3-5-12(14(15)20)18-10-8-17(9-11-18)7-4-6-13(19)16-2/h12H,3-11H2,1-2H3,(H2,15,20)(H,16,19). The van der Waals surface area contributed by atoms with Gasteiger partial charge < -0.3 is 16.0 Å². The van der Waals surface area contributed by atoms with E-state index in [2.05, 4.69) is 22.0 Å². The van der Waals surface area contributed by atoms with Crippen molar-refractivity contribution < 1.29 is 4.79 Å². The molecule has 1 unspecified atom stereocenters. The third-order valence-corrected chi connectivity index (χ3v) is 4.17. The Kier molecular flexibility index (Phi) is 8.02. The molecule has 3 N–H and O–H groups in total. The van der Waals surface area contributed by atoms with E-state index in [1.165, 1.54) is 0 Å². The predicted molar refractivity (Wildman–Crippen MR) is 86.8 cm³/mol. The Labute approximate surface area is 127 Å². The number of carbonyl (C=O) groups excluding carboxylic acids is 1. The predicted octanol–water partition coefficient (Wildman–Crippen LogP) is 0.585. The molecule has 5 nitrogen and oxygen atoms in total. The number of nitrogens with zero attached hydrogens (tertiary/aromatic N) is 2. The van der Waals surface area contributed by atoms with Crippen LogP contribution in [0.2, 0.25) is 0 Å². The lowest BCUT2D eigenvalue weighted by Gasteiger charge is -2.39. The maximum Gasteiger partial charge on any atom is 0.219 e. The van der Waals surface area contributed by atoms with Crippen LogP contribution in [0.3, 0.4) is 0 Å². The normalized spacial score (nSPS) is 18.7. The third-order valence-electron chi connectivity index (χ3n) is 3.90. The lowest BCUT2D eigenvalue weighted by molar-refractivity contribution is -0.120. The molecule has 1 aliphatic heterocycles. The Hall–Kier alpha value is -0.720. The van der Waals surface area contributed by atoms with E-state index in [0.717, 1.165) is 52.0 Å². The Morgan fingerprint density at radius 3 is 2.50 bits per heavy atom. The van der Waals surface area contributed by atoms with Crippen molar-refractivity contribution in [2.75, 3.05) is 39.8 Å². The number of nitrogens with two attached hydrogens (primary N) is 1. The van der Waals surface area contributed by atoms with Gasteiger partial charge in [-0.15, -0.1) is 0 Å². The number of rotatable bonds is 8. The second-order valence-electron chi connectivity index (χ2n) is 5.36. The summed E-state index contributed by atoms with van der Waals surface area (Å²) in [6.07, 6.45) is 3.69. The first-order chi connectivity index (χ1) is 9.58. The van der Waals surface area contributed by atoms with Gasteiger partial charge in [0.1, 0.15) is 0 Å². The van der Waals surface area contributed by atoms with Crippen molar-refractivity contribution in [3.8, 4) is 0 Å². The minimum absolute atomic E-state index is 0.125. The first-order valence-electron chi connectivity index (χ1n) is 7.54. The van der Waals surface area contributed by atoms with E-state index in [1.807, 2.05) is 0 Å². The van der Waals surface area contributed by atoms with E-state index in [1.54, 1.807) is 7.05 Å². The van der Waals surface area contributed by atoms with Gasteiger partial charge in [-0.2, -0.15) is 0 Å². The number of nitrogens with one attached hydrogen (secondary N) is 1. The van der Waals surface area contributed by atoms with Gasteiger partial charge in [-0.1, -0.05) is 25.6 Å². The topological polar surface area (TPSA) is 61.6 Å². The van der Waals surface area contributed by atoms with Crippen LogP contribution in [0.5, 0.6) is 0 Å². The van der Waals surface area contributed by atoms with Gasteiger partial charge in [0.05, 0.1) is 11.0 Å². The number of hydrogen-bond acceptors (Lipinski definition) is 4. The van der Waals surface area contributed by atoms with E-state index in [4.69, 9.17) is 18.0 Å². The molecule has 1 rings (SSSR count). The van der Waals surface area contributed by atoms with E-state index < -0.39 is 0 Å². The molecule has 0 aromatic rings. The maximum absolute atomic E-state index is 11.2. The lowest BCUT2D eigenvalue weighted by atomic mass is 10.1. The molecule has 20 heavy (non-hydrogen) atoms. The summed E-state index contributed by atoms with van der Waals surface area (Å²) >= 11 is 5.18. The fourth-order valence-corrected chi connectivity index (χ4v) is 2.93. The van der Waals surface area contributed by atoms with Crippen LogP contribution in [0.4, 0.5) is 0 Å². The number of thiocarbonyl (C=S) groups is 1. The Morgan fingerprint density at radius 2 is 2.00 bits per heavy atom. The molecule has 1 amide bonds. The van der Waals surface area contributed by atoms with Crippen LogP contribution in [-0.2, 0) is 4.79 Å². The molecule has 0 aromatic heterocycles. The average Bonchev–Trinajstić information content (AvgIpc) is 2.45. The molecule has 1 saturated heterocycles. The fraction of sp³-hybridized carbons (Fsp3) is 0.857. The minimum atomic E-state index is 0.125. The highest BCUT2D eigenvalue weighted by molar-refractivity contribution is 7.80. The molecule has 1 atom stereocenters. The summed E-state index contributed by atoms with van der Waals surface area (Å²) in [6, 6.07) is 0.253. The fourth-order valence-electron chi connectivity index (χ4n) is 2.67. The van der Waals surface area contributed by atoms with Gasteiger partial charge in [0.25, 0.3) is 0 Å². The molecule has 1 fully saturated rings. The molecule has 0 aliphatic carbocycles. The van der Waals surface area contributed by atoms with Crippen LogP contribution >= 0.6 is 12.2 Å². The summed E-state index contributed by atoms with van der Waals surface area (Å²) < 4.78 is 0. The largest absolute Gasteiger partial charge is 0.392 e. The number of piperazine rings is 1. The minimum Gasteiger partial charge on any atom is -0.392 e. The van der Waals surface area contributed by atoms with E-state index in [9.17, 15) is 4.79 Å². The molecule has 0 saturated carbocycles. The Bertz CT molecular complexity index is 316. The van der Waals surface area contributed by atoms with E-state index in [-0.39, 0.29) is 11.9 Å². The van der Waals surface area contributed by atoms with Crippen molar-refractivity contribution in [3.63, 3.8) is 0 Å². The van der Waals surface area contributed by atoms with Crippen molar-refractivity contribution >= 4 is 23.1 Å². The van der Waals surface area contributed by atoms with Crippen LogP contribution in [0.25, 0.3) is 0 Å². The lowest BCUT2D eigenvalue weighted by Crippen LogP contribution is -2.53. The highest BCUT2D eigenvalue weighted by Crippen LogP contribution is 2.12. The molecular formula is C14H28N4OS. The summed E-state index contributed by atoms with van der Waals surface area (Å²) in [4.78, 5) is 16.6. The molecule has 0 aromatic carbocycles. The SMILES string of the molecule is CCCC(C(N)=S)N1CCN(CCCC(=O)NC)CC1. The van der Waals surface area contributed by atoms with E-state index >= 15 is 0 Å². The molecule has 1 heterocycles. The summed E-state index contributed by atoms with van der Waals surface area (Å²) in [5, 5.41) is 2.66. The average molecular weight is 300 g/mol. The molecular weight excluding hydrogens is 272 g/mol.